The van der Waals surface area contributed by atoms with Crippen LogP contribution in [0.25, 0.3) is 0 Å². The molecule has 0 aliphatic heterocycles. The van der Waals surface area contributed by atoms with Crippen LogP contribution in [0.4, 0.5) is 11.5 Å². The van der Waals surface area contributed by atoms with E-state index in [-0.39, 0.29) is 6.04 Å². The first-order valence-electron chi connectivity index (χ1n) is 4.86. The second-order valence-corrected chi connectivity index (χ2v) is 3.41. The lowest BCUT2D eigenvalue weighted by molar-refractivity contribution is 0.788. The number of nitriles is 1. The highest BCUT2D eigenvalue weighted by Crippen LogP contribution is 2.20. The summed E-state index contributed by atoms with van der Waals surface area (Å²) in [5, 5.41) is 25.2. The second kappa shape index (κ2) is 4.44. The number of nitrogens with zero attached hydrogens (tertiary/aromatic N) is 5. The van der Waals surface area contributed by atoms with Gasteiger partial charge in [-0.2, -0.15) is 10.5 Å². The fraction of sp³-hybridized carbons (Fsp3) is 0.222. The average molecular weight is 230 g/mol. The SMILES string of the molecule is CC(Nc1ncc(C#N)cc1N)c1nn[nH]n1. The van der Waals surface area contributed by atoms with E-state index in [9.17, 15) is 0 Å². The van der Waals surface area contributed by atoms with Crippen LogP contribution < -0.4 is 11.1 Å². The Balaban J connectivity index is 2.17. The maximum absolute atomic E-state index is 8.69. The molecule has 2 aromatic rings. The molecule has 8 heteroatoms. The van der Waals surface area contributed by atoms with Crippen molar-refractivity contribution in [3.8, 4) is 6.07 Å². The number of aromatic nitrogens is 5. The summed E-state index contributed by atoms with van der Waals surface area (Å²) < 4.78 is 0. The molecule has 0 amide bonds. The van der Waals surface area contributed by atoms with E-state index in [1.807, 2.05) is 13.0 Å². The van der Waals surface area contributed by atoms with Gasteiger partial charge in [-0.15, -0.1) is 10.2 Å². The van der Waals surface area contributed by atoms with Gasteiger partial charge in [-0.25, -0.2) is 4.98 Å². The van der Waals surface area contributed by atoms with Crippen molar-refractivity contribution in [1.29, 1.82) is 5.26 Å². The van der Waals surface area contributed by atoms with Gasteiger partial charge in [0.2, 0.25) is 0 Å². The van der Waals surface area contributed by atoms with Crippen LogP contribution in [0.5, 0.6) is 0 Å². The van der Waals surface area contributed by atoms with Crippen molar-refractivity contribution < 1.29 is 0 Å². The maximum atomic E-state index is 8.69. The Bertz CT molecular complexity index is 541. The standard InChI is InChI=1S/C9H10N8/c1-5(8-14-16-17-15-8)13-9-7(11)2-6(3-10)4-12-9/h2,4-5H,11H2,1H3,(H,12,13)(H,14,15,16,17). The zero-order valence-corrected chi connectivity index (χ0v) is 9.05. The van der Waals surface area contributed by atoms with Gasteiger partial charge >= 0.3 is 0 Å². The number of anilines is 2. The Morgan fingerprint density at radius 1 is 1.59 bits per heavy atom. The molecule has 2 heterocycles. The van der Waals surface area contributed by atoms with Crippen LogP contribution in [0.15, 0.2) is 12.3 Å². The number of nitrogens with two attached hydrogens (primary N) is 1. The number of nitrogen functional groups attached to an aromatic ring is 1. The predicted octanol–water partition coefficient (Wildman–Crippen LogP) is 0.222. The molecular weight excluding hydrogens is 220 g/mol. The molecule has 0 fully saturated rings. The maximum Gasteiger partial charge on any atom is 0.196 e. The molecule has 1 unspecified atom stereocenters. The highest BCUT2D eigenvalue weighted by Gasteiger charge is 2.12. The Kier molecular flexibility index (Phi) is 2.83. The van der Waals surface area contributed by atoms with Crippen LogP contribution in [0.2, 0.25) is 0 Å². The predicted molar refractivity (Wildman–Crippen MR) is 59.6 cm³/mol. The first kappa shape index (κ1) is 10.8. The van der Waals surface area contributed by atoms with Gasteiger partial charge in [0.25, 0.3) is 0 Å². The number of rotatable bonds is 3. The minimum atomic E-state index is -0.184. The molecule has 2 rings (SSSR count). The van der Waals surface area contributed by atoms with Crippen molar-refractivity contribution in [2.75, 3.05) is 11.1 Å². The van der Waals surface area contributed by atoms with E-state index in [0.29, 0.717) is 22.9 Å². The third-order valence-corrected chi connectivity index (χ3v) is 2.15. The van der Waals surface area contributed by atoms with Crippen LogP contribution in [0.3, 0.4) is 0 Å². The Morgan fingerprint density at radius 2 is 2.41 bits per heavy atom. The van der Waals surface area contributed by atoms with E-state index in [0.717, 1.165) is 0 Å². The highest BCUT2D eigenvalue weighted by molar-refractivity contribution is 5.63. The number of H-pyrrole nitrogens is 1. The van der Waals surface area contributed by atoms with Crippen molar-refractivity contribution in [3.05, 3.63) is 23.7 Å². The van der Waals surface area contributed by atoms with E-state index < -0.39 is 0 Å². The van der Waals surface area contributed by atoms with Gasteiger partial charge < -0.3 is 11.1 Å². The third-order valence-electron chi connectivity index (χ3n) is 2.15. The molecule has 0 saturated heterocycles. The monoisotopic (exact) mass is 230 g/mol. The number of hydrogen-bond acceptors (Lipinski definition) is 7. The minimum absolute atomic E-state index is 0.184. The molecule has 1 atom stereocenters. The molecule has 0 aliphatic carbocycles. The molecule has 8 nitrogen and oxygen atoms in total. The molecule has 2 aromatic heterocycles. The quantitative estimate of drug-likeness (QED) is 0.687. The van der Waals surface area contributed by atoms with E-state index in [2.05, 4.69) is 30.9 Å². The van der Waals surface area contributed by atoms with E-state index in [1.54, 1.807) is 6.07 Å². The fourth-order valence-corrected chi connectivity index (χ4v) is 1.29. The molecule has 0 saturated carbocycles. The summed E-state index contributed by atoms with van der Waals surface area (Å²) in [4.78, 5) is 4.05. The van der Waals surface area contributed by atoms with Gasteiger partial charge in [0.05, 0.1) is 17.3 Å². The Labute approximate surface area is 96.9 Å². The second-order valence-electron chi connectivity index (χ2n) is 3.41. The zero-order valence-electron chi connectivity index (χ0n) is 9.05. The fourth-order valence-electron chi connectivity index (χ4n) is 1.29. The van der Waals surface area contributed by atoms with E-state index in [4.69, 9.17) is 11.0 Å². The molecule has 0 aromatic carbocycles. The molecule has 0 spiro atoms. The lowest BCUT2D eigenvalue weighted by Crippen LogP contribution is -2.11. The summed E-state index contributed by atoms with van der Waals surface area (Å²) in [7, 11) is 0. The molecule has 4 N–H and O–H groups in total. The van der Waals surface area contributed by atoms with Gasteiger partial charge in [0.1, 0.15) is 11.9 Å². The van der Waals surface area contributed by atoms with Crippen LogP contribution >= 0.6 is 0 Å². The van der Waals surface area contributed by atoms with Crippen LogP contribution in [0, 0.1) is 11.3 Å². The number of nitrogens with one attached hydrogen (secondary N) is 2. The summed E-state index contributed by atoms with van der Waals surface area (Å²) in [5.74, 6) is 0.997. The van der Waals surface area contributed by atoms with Crippen molar-refractivity contribution in [3.63, 3.8) is 0 Å². The number of hydrogen-bond donors (Lipinski definition) is 3. The minimum Gasteiger partial charge on any atom is -0.396 e. The van der Waals surface area contributed by atoms with Crippen molar-refractivity contribution in [2.45, 2.75) is 13.0 Å². The lowest BCUT2D eigenvalue weighted by Gasteiger charge is -2.12. The molecule has 86 valence electrons. The molecule has 17 heavy (non-hydrogen) atoms. The van der Waals surface area contributed by atoms with Gasteiger partial charge in [0.15, 0.2) is 5.82 Å². The molecule has 0 radical (unpaired) electrons. The van der Waals surface area contributed by atoms with Crippen LogP contribution in [-0.2, 0) is 0 Å². The van der Waals surface area contributed by atoms with Crippen molar-refractivity contribution >= 4 is 11.5 Å². The van der Waals surface area contributed by atoms with Crippen LogP contribution in [0.1, 0.15) is 24.4 Å². The Hall–Kier alpha value is -2.69. The van der Waals surface area contributed by atoms with Crippen molar-refractivity contribution in [2.24, 2.45) is 0 Å². The zero-order chi connectivity index (χ0) is 12.3. The Morgan fingerprint density at radius 3 is 3.00 bits per heavy atom. The topological polar surface area (TPSA) is 129 Å². The molecule has 0 aliphatic rings. The van der Waals surface area contributed by atoms with E-state index >= 15 is 0 Å². The van der Waals surface area contributed by atoms with Gasteiger partial charge in [0, 0.05) is 6.20 Å². The van der Waals surface area contributed by atoms with Crippen molar-refractivity contribution in [1.82, 2.24) is 25.6 Å². The number of aromatic amines is 1. The largest absolute Gasteiger partial charge is 0.396 e. The third kappa shape index (κ3) is 2.28. The highest BCUT2D eigenvalue weighted by atomic mass is 15.5. The van der Waals surface area contributed by atoms with Gasteiger partial charge in [-0.3, -0.25) is 0 Å². The normalized spacial score (nSPS) is 11.8. The summed E-state index contributed by atoms with van der Waals surface area (Å²) in [6.07, 6.45) is 1.45. The number of pyridine rings is 1. The lowest BCUT2D eigenvalue weighted by atomic mass is 10.2. The smallest absolute Gasteiger partial charge is 0.196 e. The van der Waals surface area contributed by atoms with Gasteiger partial charge in [-0.1, -0.05) is 5.21 Å². The van der Waals surface area contributed by atoms with Gasteiger partial charge in [-0.05, 0) is 13.0 Å². The first-order chi connectivity index (χ1) is 8.20. The summed E-state index contributed by atoms with van der Waals surface area (Å²) >= 11 is 0. The average Bonchev–Trinajstić information content (AvgIpc) is 2.85. The van der Waals surface area contributed by atoms with Crippen LogP contribution in [-0.4, -0.2) is 25.6 Å². The van der Waals surface area contributed by atoms with E-state index in [1.165, 1.54) is 6.20 Å². The number of tetrazole rings is 1. The first-order valence-corrected chi connectivity index (χ1v) is 4.86. The summed E-state index contributed by atoms with van der Waals surface area (Å²) in [5.41, 5.74) is 6.58. The molecule has 0 bridgehead atoms. The summed E-state index contributed by atoms with van der Waals surface area (Å²) in [6.45, 7) is 1.85. The summed E-state index contributed by atoms with van der Waals surface area (Å²) in [6, 6.07) is 3.34. The molecular formula is C9H10N8.